The molecular weight excluding hydrogens is 439 g/mol. The number of carbonyl (C=O) groups excluding carboxylic acids is 1. The minimum absolute atomic E-state index is 0.0988. The van der Waals surface area contributed by atoms with Gasteiger partial charge in [-0.2, -0.15) is 0 Å². The van der Waals surface area contributed by atoms with Crippen molar-refractivity contribution in [3.8, 4) is 0 Å². The fourth-order valence-electron chi connectivity index (χ4n) is 4.29. The number of fused-ring (bicyclic) bond motifs is 2. The third kappa shape index (κ3) is 3.74. The third-order valence-corrected chi connectivity index (χ3v) is 6.36. The fraction of sp³-hybridized carbons (Fsp3) is 0.304. The Labute approximate surface area is 188 Å². The molecule has 1 aromatic heterocycles. The molecule has 5 rings (SSSR count). The summed E-state index contributed by atoms with van der Waals surface area (Å²) in [5.41, 5.74) is 1.28. The third-order valence-electron chi connectivity index (χ3n) is 5.87. The number of carbonyl (C=O) groups is 1. The number of ether oxygens (including phenoxy) is 1. The topological polar surface area (TPSA) is 63.0 Å². The van der Waals surface area contributed by atoms with Crippen LogP contribution in [-0.2, 0) is 4.74 Å². The molecule has 3 aromatic rings. The molecule has 0 N–H and O–H groups in total. The summed E-state index contributed by atoms with van der Waals surface area (Å²) in [6, 6.07) is 11.5. The Morgan fingerprint density at radius 3 is 2.39 bits per heavy atom. The molecule has 8 heteroatoms. The molecule has 2 aromatic carbocycles. The lowest BCUT2D eigenvalue weighted by Crippen LogP contribution is -2.42. The van der Waals surface area contributed by atoms with Crippen molar-refractivity contribution in [1.82, 2.24) is 9.80 Å². The van der Waals surface area contributed by atoms with Crippen LogP contribution in [0, 0.1) is 0 Å². The van der Waals surface area contributed by atoms with E-state index in [1.165, 1.54) is 0 Å². The summed E-state index contributed by atoms with van der Waals surface area (Å²) >= 11 is 12.2. The molecule has 31 heavy (non-hydrogen) atoms. The lowest BCUT2D eigenvalue weighted by molar-refractivity contribution is 0.0314. The van der Waals surface area contributed by atoms with Gasteiger partial charge in [0.05, 0.1) is 30.2 Å². The van der Waals surface area contributed by atoms with E-state index in [0.717, 1.165) is 18.7 Å². The maximum Gasteiger partial charge on any atom is 0.290 e. The molecule has 0 spiro atoms. The maximum atomic E-state index is 13.5. The zero-order chi connectivity index (χ0) is 21.5. The lowest BCUT2D eigenvalue weighted by atomic mass is 9.98. The number of benzene rings is 2. The van der Waals surface area contributed by atoms with E-state index in [0.29, 0.717) is 52.9 Å². The van der Waals surface area contributed by atoms with Crippen molar-refractivity contribution in [2.24, 2.45) is 0 Å². The van der Waals surface area contributed by atoms with Gasteiger partial charge < -0.3 is 14.1 Å². The second-order valence-electron chi connectivity index (χ2n) is 7.72. The molecule has 0 saturated carbocycles. The second-order valence-corrected chi connectivity index (χ2v) is 8.59. The summed E-state index contributed by atoms with van der Waals surface area (Å²) in [5, 5.41) is 1.40. The summed E-state index contributed by atoms with van der Waals surface area (Å²) in [7, 11) is 0. The quantitative estimate of drug-likeness (QED) is 0.591. The predicted octanol–water partition coefficient (Wildman–Crippen LogP) is 3.98. The molecule has 2 aliphatic rings. The van der Waals surface area contributed by atoms with E-state index in [-0.39, 0.29) is 17.1 Å². The lowest BCUT2D eigenvalue weighted by Gasteiger charge is -2.31. The first kappa shape index (κ1) is 20.5. The predicted molar refractivity (Wildman–Crippen MR) is 119 cm³/mol. The van der Waals surface area contributed by atoms with Gasteiger partial charge in [0.15, 0.2) is 5.43 Å². The highest BCUT2D eigenvalue weighted by Gasteiger charge is 2.42. The Balaban J connectivity index is 1.60. The zero-order valence-corrected chi connectivity index (χ0v) is 18.2. The van der Waals surface area contributed by atoms with Crippen LogP contribution in [-0.4, -0.2) is 55.1 Å². The largest absolute Gasteiger partial charge is 0.450 e. The van der Waals surface area contributed by atoms with Crippen molar-refractivity contribution in [1.29, 1.82) is 0 Å². The van der Waals surface area contributed by atoms with Crippen LogP contribution in [0.5, 0.6) is 0 Å². The molecule has 160 valence electrons. The average molecular weight is 459 g/mol. The van der Waals surface area contributed by atoms with Crippen LogP contribution in [0.25, 0.3) is 11.0 Å². The summed E-state index contributed by atoms with van der Waals surface area (Å²) in [5.74, 6) is -0.182. The Morgan fingerprint density at radius 2 is 1.65 bits per heavy atom. The van der Waals surface area contributed by atoms with Crippen molar-refractivity contribution in [2.45, 2.75) is 6.04 Å². The SMILES string of the molecule is O=C1c2oc3ccc(Cl)cc3c(=O)c2[C@@H](c2ccc(Cl)cc2)N1CCN1CCOCC1. The minimum atomic E-state index is -0.541. The van der Waals surface area contributed by atoms with Crippen LogP contribution in [0.3, 0.4) is 0 Å². The monoisotopic (exact) mass is 458 g/mol. The molecule has 3 heterocycles. The van der Waals surface area contributed by atoms with E-state index >= 15 is 0 Å². The van der Waals surface area contributed by atoms with Crippen LogP contribution >= 0.6 is 23.2 Å². The normalized spacial score (nSPS) is 19.2. The molecule has 0 unspecified atom stereocenters. The highest BCUT2D eigenvalue weighted by Crippen LogP contribution is 2.38. The van der Waals surface area contributed by atoms with Gasteiger partial charge in [0.1, 0.15) is 5.58 Å². The molecule has 1 atom stereocenters. The molecular formula is C23H20Cl2N2O4. The van der Waals surface area contributed by atoms with E-state index in [1.54, 1.807) is 35.2 Å². The van der Waals surface area contributed by atoms with Crippen LogP contribution in [0.4, 0.5) is 0 Å². The van der Waals surface area contributed by atoms with Gasteiger partial charge in [-0.1, -0.05) is 35.3 Å². The van der Waals surface area contributed by atoms with E-state index in [1.807, 2.05) is 12.1 Å². The highest BCUT2D eigenvalue weighted by molar-refractivity contribution is 6.31. The molecule has 6 nitrogen and oxygen atoms in total. The summed E-state index contributed by atoms with van der Waals surface area (Å²) in [4.78, 5) is 30.8. The number of amides is 1. The first-order valence-electron chi connectivity index (χ1n) is 10.2. The van der Waals surface area contributed by atoms with Crippen LogP contribution in [0.15, 0.2) is 51.7 Å². The number of morpholine rings is 1. The van der Waals surface area contributed by atoms with Crippen molar-refractivity contribution in [2.75, 3.05) is 39.4 Å². The number of nitrogens with zero attached hydrogens (tertiary/aromatic N) is 2. The van der Waals surface area contributed by atoms with Gasteiger partial charge in [-0.05, 0) is 35.9 Å². The van der Waals surface area contributed by atoms with Gasteiger partial charge in [-0.25, -0.2) is 0 Å². The van der Waals surface area contributed by atoms with Crippen LogP contribution in [0.2, 0.25) is 10.0 Å². The molecule has 0 radical (unpaired) electrons. The summed E-state index contributed by atoms with van der Waals surface area (Å²) in [6.45, 7) is 4.15. The van der Waals surface area contributed by atoms with Crippen LogP contribution in [0.1, 0.15) is 27.7 Å². The van der Waals surface area contributed by atoms with Gasteiger partial charge >= 0.3 is 0 Å². The molecule has 0 aliphatic carbocycles. The second kappa shape index (κ2) is 8.28. The van der Waals surface area contributed by atoms with Gasteiger partial charge in [-0.15, -0.1) is 0 Å². The highest BCUT2D eigenvalue weighted by atomic mass is 35.5. The molecule has 1 amide bonds. The van der Waals surface area contributed by atoms with E-state index < -0.39 is 6.04 Å². The number of halogens is 2. The van der Waals surface area contributed by atoms with E-state index in [9.17, 15) is 9.59 Å². The van der Waals surface area contributed by atoms with Gasteiger partial charge in [0, 0.05) is 36.2 Å². The molecule has 1 saturated heterocycles. The average Bonchev–Trinajstić information content (AvgIpc) is 3.06. The van der Waals surface area contributed by atoms with Crippen molar-refractivity contribution >= 4 is 40.1 Å². The maximum absolute atomic E-state index is 13.5. The Bertz CT molecular complexity index is 1200. The number of hydrogen-bond acceptors (Lipinski definition) is 5. The summed E-state index contributed by atoms with van der Waals surface area (Å²) in [6.07, 6.45) is 0. The van der Waals surface area contributed by atoms with Crippen molar-refractivity contribution in [3.63, 3.8) is 0 Å². The molecule has 2 aliphatic heterocycles. The minimum Gasteiger partial charge on any atom is -0.450 e. The van der Waals surface area contributed by atoms with E-state index in [4.69, 9.17) is 32.4 Å². The van der Waals surface area contributed by atoms with Gasteiger partial charge in [-0.3, -0.25) is 14.5 Å². The van der Waals surface area contributed by atoms with E-state index in [2.05, 4.69) is 4.90 Å². The van der Waals surface area contributed by atoms with Gasteiger partial charge in [0.2, 0.25) is 5.76 Å². The Hall–Kier alpha value is -2.38. The number of rotatable bonds is 4. The molecule has 1 fully saturated rings. The first-order chi connectivity index (χ1) is 15.0. The fourth-order valence-corrected chi connectivity index (χ4v) is 4.59. The standard InChI is InChI=1S/C23H20Cl2N2O4/c24-15-3-1-14(2-4-15)20-19-21(28)17-13-16(25)5-6-18(17)31-22(19)23(29)27(20)8-7-26-9-11-30-12-10-26/h1-6,13,20H,7-12H2/t20-/m1/s1. The van der Waals surface area contributed by atoms with Gasteiger partial charge in [0.25, 0.3) is 5.91 Å². The summed E-state index contributed by atoms with van der Waals surface area (Å²) < 4.78 is 11.4. The Morgan fingerprint density at radius 1 is 0.935 bits per heavy atom. The van der Waals surface area contributed by atoms with Crippen molar-refractivity contribution in [3.05, 3.63) is 79.6 Å². The number of hydrogen-bond donors (Lipinski definition) is 0. The molecule has 0 bridgehead atoms. The smallest absolute Gasteiger partial charge is 0.290 e. The Kier molecular flexibility index (Phi) is 5.48. The zero-order valence-electron chi connectivity index (χ0n) is 16.6. The first-order valence-corrected chi connectivity index (χ1v) is 10.9. The van der Waals surface area contributed by atoms with Crippen LogP contribution < -0.4 is 5.43 Å². The van der Waals surface area contributed by atoms with Crippen molar-refractivity contribution < 1.29 is 13.9 Å².